The number of benzene rings is 2. The third kappa shape index (κ3) is 4.32. The molecule has 0 saturated carbocycles. The molecule has 0 fully saturated rings. The van der Waals surface area contributed by atoms with Crippen LogP contribution in [0.2, 0.25) is 0 Å². The molecule has 4 heteroatoms. The molecule has 21 heavy (non-hydrogen) atoms. The van der Waals surface area contributed by atoms with Gasteiger partial charge in [0.1, 0.15) is 12.4 Å². The zero-order valence-corrected chi connectivity index (χ0v) is 13.4. The average molecular weight is 345 g/mol. The molecule has 0 aliphatic heterocycles. The van der Waals surface area contributed by atoms with E-state index in [9.17, 15) is 0 Å². The first-order chi connectivity index (χ1) is 10.1. The van der Waals surface area contributed by atoms with Crippen molar-refractivity contribution in [3.8, 4) is 11.8 Å². The SMILES string of the molecule is CC(N)Cc1cc(Br)ccc1OCc1ccccc1C#N. The van der Waals surface area contributed by atoms with Crippen molar-refractivity contribution in [2.24, 2.45) is 5.73 Å². The van der Waals surface area contributed by atoms with Gasteiger partial charge in [0.25, 0.3) is 0 Å². The number of nitrogens with zero attached hydrogens (tertiary/aromatic N) is 1. The van der Waals surface area contributed by atoms with E-state index in [4.69, 9.17) is 15.7 Å². The molecule has 2 N–H and O–H groups in total. The molecule has 2 aromatic carbocycles. The van der Waals surface area contributed by atoms with Crippen LogP contribution in [0, 0.1) is 11.3 Å². The summed E-state index contributed by atoms with van der Waals surface area (Å²) in [5.41, 5.74) is 8.47. The zero-order valence-electron chi connectivity index (χ0n) is 11.8. The maximum atomic E-state index is 9.10. The molecule has 0 aromatic heterocycles. The van der Waals surface area contributed by atoms with E-state index in [1.807, 2.05) is 43.3 Å². The van der Waals surface area contributed by atoms with Crippen molar-refractivity contribution in [3.63, 3.8) is 0 Å². The second-order valence-corrected chi connectivity index (χ2v) is 5.91. The summed E-state index contributed by atoms with van der Waals surface area (Å²) in [6.07, 6.45) is 0.745. The fourth-order valence-electron chi connectivity index (χ4n) is 2.11. The number of rotatable bonds is 5. The van der Waals surface area contributed by atoms with E-state index < -0.39 is 0 Å². The van der Waals surface area contributed by atoms with Crippen molar-refractivity contribution in [3.05, 3.63) is 63.6 Å². The van der Waals surface area contributed by atoms with Gasteiger partial charge in [-0.15, -0.1) is 0 Å². The highest BCUT2D eigenvalue weighted by atomic mass is 79.9. The van der Waals surface area contributed by atoms with Crippen LogP contribution < -0.4 is 10.5 Å². The summed E-state index contributed by atoms with van der Waals surface area (Å²) in [6, 6.07) is 15.6. The van der Waals surface area contributed by atoms with E-state index in [1.165, 1.54) is 0 Å². The van der Waals surface area contributed by atoms with E-state index in [-0.39, 0.29) is 6.04 Å². The lowest BCUT2D eigenvalue weighted by molar-refractivity contribution is 0.302. The van der Waals surface area contributed by atoms with Gasteiger partial charge >= 0.3 is 0 Å². The maximum Gasteiger partial charge on any atom is 0.123 e. The minimum Gasteiger partial charge on any atom is -0.489 e. The van der Waals surface area contributed by atoms with E-state index >= 15 is 0 Å². The predicted molar refractivity (Wildman–Crippen MR) is 87.0 cm³/mol. The Labute approximate surface area is 133 Å². The molecule has 1 unspecified atom stereocenters. The molecule has 0 radical (unpaired) electrons. The number of halogens is 1. The van der Waals surface area contributed by atoms with Gasteiger partial charge in [-0.1, -0.05) is 34.1 Å². The molecule has 0 saturated heterocycles. The summed E-state index contributed by atoms with van der Waals surface area (Å²) in [5.74, 6) is 0.809. The molecule has 2 aromatic rings. The molecular weight excluding hydrogens is 328 g/mol. The van der Waals surface area contributed by atoms with Crippen molar-refractivity contribution in [1.29, 1.82) is 5.26 Å². The van der Waals surface area contributed by atoms with Crippen molar-refractivity contribution < 1.29 is 4.74 Å². The molecular formula is C17H17BrN2O. The van der Waals surface area contributed by atoms with E-state index in [1.54, 1.807) is 6.07 Å². The summed E-state index contributed by atoms with van der Waals surface area (Å²) in [4.78, 5) is 0. The summed E-state index contributed by atoms with van der Waals surface area (Å²) < 4.78 is 6.90. The lowest BCUT2D eigenvalue weighted by Gasteiger charge is -2.14. The summed E-state index contributed by atoms with van der Waals surface area (Å²) in [7, 11) is 0. The van der Waals surface area contributed by atoms with Gasteiger partial charge in [0.2, 0.25) is 0 Å². The molecule has 0 heterocycles. The monoisotopic (exact) mass is 344 g/mol. The number of hydrogen-bond donors (Lipinski definition) is 1. The largest absolute Gasteiger partial charge is 0.489 e. The Kier molecular flexibility index (Phi) is 5.38. The van der Waals surface area contributed by atoms with Gasteiger partial charge < -0.3 is 10.5 Å². The molecule has 0 spiro atoms. The van der Waals surface area contributed by atoms with Gasteiger partial charge in [-0.25, -0.2) is 0 Å². The number of hydrogen-bond acceptors (Lipinski definition) is 3. The Morgan fingerprint density at radius 3 is 2.71 bits per heavy atom. The van der Waals surface area contributed by atoms with Gasteiger partial charge in [0, 0.05) is 16.1 Å². The first-order valence-electron chi connectivity index (χ1n) is 6.75. The third-order valence-corrected chi connectivity index (χ3v) is 3.58. The Morgan fingerprint density at radius 2 is 2.00 bits per heavy atom. The highest BCUT2D eigenvalue weighted by Crippen LogP contribution is 2.25. The standard InChI is InChI=1S/C17H17BrN2O/c1-12(20)8-15-9-16(18)6-7-17(15)21-11-14-5-3-2-4-13(14)10-19/h2-7,9,12H,8,11,20H2,1H3. The minimum absolute atomic E-state index is 0.0630. The van der Waals surface area contributed by atoms with Crippen LogP contribution in [0.5, 0.6) is 5.75 Å². The van der Waals surface area contributed by atoms with Crippen LogP contribution in [-0.4, -0.2) is 6.04 Å². The molecule has 108 valence electrons. The highest BCUT2D eigenvalue weighted by Gasteiger charge is 2.08. The van der Waals surface area contributed by atoms with Gasteiger partial charge in [0.15, 0.2) is 0 Å². The Morgan fingerprint density at radius 1 is 1.24 bits per heavy atom. The van der Waals surface area contributed by atoms with Crippen molar-refractivity contribution in [2.45, 2.75) is 26.0 Å². The van der Waals surface area contributed by atoms with E-state index in [0.717, 1.165) is 27.8 Å². The van der Waals surface area contributed by atoms with Crippen LogP contribution in [0.1, 0.15) is 23.6 Å². The number of ether oxygens (including phenoxy) is 1. The lowest BCUT2D eigenvalue weighted by Crippen LogP contribution is -2.18. The lowest BCUT2D eigenvalue weighted by atomic mass is 10.1. The maximum absolute atomic E-state index is 9.10. The summed E-state index contributed by atoms with van der Waals surface area (Å²) in [5, 5.41) is 9.10. The first kappa shape index (κ1) is 15.6. The van der Waals surface area contributed by atoms with Gasteiger partial charge in [0.05, 0.1) is 11.6 Å². The van der Waals surface area contributed by atoms with Crippen LogP contribution in [0.4, 0.5) is 0 Å². The highest BCUT2D eigenvalue weighted by molar-refractivity contribution is 9.10. The fraction of sp³-hybridized carbons (Fsp3) is 0.235. The number of nitriles is 1. The second-order valence-electron chi connectivity index (χ2n) is 4.99. The van der Waals surface area contributed by atoms with Crippen molar-refractivity contribution in [1.82, 2.24) is 0 Å². The minimum atomic E-state index is 0.0630. The Hall–Kier alpha value is -1.83. The average Bonchev–Trinajstić information content (AvgIpc) is 2.46. The van der Waals surface area contributed by atoms with E-state index in [2.05, 4.69) is 22.0 Å². The smallest absolute Gasteiger partial charge is 0.123 e. The van der Waals surface area contributed by atoms with Crippen LogP contribution in [0.15, 0.2) is 46.9 Å². The molecule has 0 amide bonds. The van der Waals surface area contributed by atoms with Gasteiger partial charge in [-0.05, 0) is 43.2 Å². The first-order valence-corrected chi connectivity index (χ1v) is 7.54. The second kappa shape index (κ2) is 7.26. The zero-order chi connectivity index (χ0) is 15.2. The van der Waals surface area contributed by atoms with Gasteiger partial charge in [-0.2, -0.15) is 5.26 Å². The Bertz CT molecular complexity index is 662. The van der Waals surface area contributed by atoms with Crippen molar-refractivity contribution >= 4 is 15.9 Å². The predicted octanol–water partition coefficient (Wildman–Crippen LogP) is 3.79. The quantitative estimate of drug-likeness (QED) is 0.897. The fourth-order valence-corrected chi connectivity index (χ4v) is 2.51. The third-order valence-electron chi connectivity index (χ3n) is 3.09. The molecule has 0 aliphatic rings. The summed E-state index contributed by atoms with van der Waals surface area (Å²) >= 11 is 3.47. The van der Waals surface area contributed by atoms with Crippen LogP contribution in [0.25, 0.3) is 0 Å². The van der Waals surface area contributed by atoms with Gasteiger partial charge in [-0.3, -0.25) is 0 Å². The number of nitrogens with two attached hydrogens (primary N) is 1. The molecule has 0 aliphatic carbocycles. The van der Waals surface area contributed by atoms with E-state index in [0.29, 0.717) is 12.2 Å². The summed E-state index contributed by atoms with van der Waals surface area (Å²) in [6.45, 7) is 2.34. The molecule has 3 nitrogen and oxygen atoms in total. The molecule has 1 atom stereocenters. The van der Waals surface area contributed by atoms with Crippen LogP contribution in [-0.2, 0) is 13.0 Å². The normalized spacial score (nSPS) is 11.7. The molecule has 0 bridgehead atoms. The Balaban J connectivity index is 2.18. The topological polar surface area (TPSA) is 59.0 Å². The van der Waals surface area contributed by atoms with Crippen LogP contribution in [0.3, 0.4) is 0 Å². The molecule has 2 rings (SSSR count). The van der Waals surface area contributed by atoms with Crippen LogP contribution >= 0.6 is 15.9 Å². The van der Waals surface area contributed by atoms with Crippen molar-refractivity contribution in [2.75, 3.05) is 0 Å².